The smallest absolute Gasteiger partial charge is 0.320 e. The molecule has 0 amide bonds. The summed E-state index contributed by atoms with van der Waals surface area (Å²) in [5, 5.41) is 0. The molecule has 0 aliphatic heterocycles. The van der Waals surface area contributed by atoms with Gasteiger partial charge in [-0.05, 0) is 34.8 Å². The van der Waals surface area contributed by atoms with E-state index in [0.29, 0.717) is 0 Å². The highest BCUT2D eigenvalue weighted by molar-refractivity contribution is 6.66. The largest absolute Gasteiger partial charge is 0.404 e. The number of hydrogen-bond acceptors (Lipinski definition) is 3. The van der Waals surface area contributed by atoms with E-state index < -0.39 is 14.8 Å². The van der Waals surface area contributed by atoms with Crippen molar-refractivity contribution in [1.82, 2.24) is 0 Å². The first kappa shape index (κ1) is 9.04. The Kier molecular flexibility index (Phi) is 3.69. The fraction of sp³-hybridized carbons (Fsp3) is 1.00. The molecule has 0 rings (SSSR count). The summed E-state index contributed by atoms with van der Waals surface area (Å²) in [5.74, 6) is 0. The molecule has 0 fully saturated rings. The van der Waals surface area contributed by atoms with Gasteiger partial charge in [0, 0.05) is 0 Å². The lowest BCUT2D eigenvalue weighted by molar-refractivity contribution is -1.63. The third kappa shape index (κ3) is 7.04. The van der Waals surface area contributed by atoms with Crippen LogP contribution >= 0.6 is 34.8 Å². The van der Waals surface area contributed by atoms with Crippen LogP contribution in [0.15, 0.2) is 0 Å². The van der Waals surface area contributed by atoms with Gasteiger partial charge in [0.15, 0.2) is 0 Å². The Morgan fingerprint density at radius 1 is 1.25 bits per heavy atom. The second kappa shape index (κ2) is 3.27. The van der Waals surface area contributed by atoms with Crippen molar-refractivity contribution < 1.29 is 24.4 Å². The SMILES string of the molecule is [O-][Cl+2]([O-])OC(Cl)(Cl)Cl. The van der Waals surface area contributed by atoms with Gasteiger partial charge in [-0.3, -0.25) is 0 Å². The summed E-state index contributed by atoms with van der Waals surface area (Å²) in [5.41, 5.74) is 0. The van der Waals surface area contributed by atoms with Crippen molar-refractivity contribution in [2.24, 2.45) is 0 Å². The van der Waals surface area contributed by atoms with Crippen LogP contribution < -0.4 is 9.32 Å². The third-order valence-corrected chi connectivity index (χ3v) is 0.976. The van der Waals surface area contributed by atoms with Crippen molar-refractivity contribution in [1.29, 1.82) is 0 Å². The predicted octanol–water partition coefficient (Wildman–Crippen LogP) is -0.583. The zero-order chi connectivity index (χ0) is 6.78. The quantitative estimate of drug-likeness (QED) is 0.534. The second-order valence-electron chi connectivity index (χ2n) is 0.712. The van der Waals surface area contributed by atoms with Crippen LogP contribution in [0.4, 0.5) is 0 Å². The molecule has 0 aliphatic rings. The maximum Gasteiger partial charge on any atom is 0.404 e. The summed E-state index contributed by atoms with van der Waals surface area (Å²) < 4.78 is 20.4. The fourth-order valence-corrected chi connectivity index (χ4v) is 0.643. The summed E-state index contributed by atoms with van der Waals surface area (Å²) in [4.78, 5) is 0. The molecule has 0 N–H and O–H groups in total. The lowest BCUT2D eigenvalue weighted by atomic mass is 11.7. The van der Waals surface area contributed by atoms with Crippen LogP contribution in [0.3, 0.4) is 0 Å². The van der Waals surface area contributed by atoms with Crippen LogP contribution in [0.5, 0.6) is 0 Å². The van der Waals surface area contributed by atoms with E-state index in [9.17, 15) is 9.32 Å². The van der Waals surface area contributed by atoms with Gasteiger partial charge in [-0.1, -0.05) is 0 Å². The van der Waals surface area contributed by atoms with Gasteiger partial charge in [0.1, 0.15) is 0 Å². The van der Waals surface area contributed by atoms with E-state index in [1.165, 1.54) is 0 Å². The van der Waals surface area contributed by atoms with Crippen molar-refractivity contribution in [3.05, 3.63) is 0 Å². The lowest BCUT2D eigenvalue weighted by Gasteiger charge is -1.99. The molecule has 0 saturated carbocycles. The molecule has 0 spiro atoms. The number of rotatable bonds is 1. The maximum atomic E-state index is 9.50. The molecular weight excluding hydrogens is 202 g/mol. The van der Waals surface area contributed by atoms with Crippen LogP contribution in [-0.2, 0) is 4.29 Å². The molecule has 8 heavy (non-hydrogen) atoms. The number of halogens is 4. The van der Waals surface area contributed by atoms with Crippen molar-refractivity contribution in [2.75, 3.05) is 0 Å². The molecule has 0 aromatic heterocycles. The number of alkyl halides is 3. The van der Waals surface area contributed by atoms with Crippen LogP contribution in [0.1, 0.15) is 0 Å². The van der Waals surface area contributed by atoms with Crippen LogP contribution in [0, 0.1) is 10.8 Å². The Balaban J connectivity index is 3.39. The first-order chi connectivity index (χ1) is 3.42. The van der Waals surface area contributed by atoms with Crippen molar-refractivity contribution >= 4 is 34.8 Å². The van der Waals surface area contributed by atoms with Crippen LogP contribution in [-0.4, -0.2) is 3.98 Å². The molecule has 0 aromatic carbocycles. The van der Waals surface area contributed by atoms with Gasteiger partial charge >= 0.3 is 3.98 Å². The minimum Gasteiger partial charge on any atom is -0.320 e. The molecule has 0 unspecified atom stereocenters. The average Bonchev–Trinajstić information content (AvgIpc) is 1.21. The Bertz CT molecular complexity index is 66.2. The van der Waals surface area contributed by atoms with Crippen molar-refractivity contribution in [3.8, 4) is 0 Å². The lowest BCUT2D eigenvalue weighted by Crippen LogP contribution is -2.37. The molecule has 50 valence electrons. The van der Waals surface area contributed by atoms with Gasteiger partial charge < -0.3 is 9.32 Å². The minimum absolute atomic E-state index is 2.19. The van der Waals surface area contributed by atoms with Crippen molar-refractivity contribution in [2.45, 2.75) is 3.98 Å². The first-order valence-corrected chi connectivity index (χ1v) is 3.29. The molecule has 0 atom stereocenters. The molecule has 0 bridgehead atoms. The van der Waals surface area contributed by atoms with Crippen LogP contribution in [0.25, 0.3) is 0 Å². The summed E-state index contributed by atoms with van der Waals surface area (Å²) in [7, 11) is -2.48. The zero-order valence-electron chi connectivity index (χ0n) is 3.24. The highest BCUT2D eigenvalue weighted by atomic mass is 35.6. The first-order valence-electron chi connectivity index (χ1n) is 1.23. The van der Waals surface area contributed by atoms with Gasteiger partial charge in [0.25, 0.3) is 10.8 Å². The molecule has 0 radical (unpaired) electrons. The summed E-state index contributed by atoms with van der Waals surface area (Å²) in [6.45, 7) is 0. The standard InChI is InChI=1S/CCl4O3/c2-1(3,4)8-5(6)7. The van der Waals surface area contributed by atoms with Crippen LogP contribution in [0.2, 0.25) is 0 Å². The molecule has 0 saturated heterocycles. The molecule has 0 heterocycles. The van der Waals surface area contributed by atoms with Crippen molar-refractivity contribution in [3.63, 3.8) is 0 Å². The second-order valence-corrected chi connectivity index (χ2v) is 3.42. The van der Waals surface area contributed by atoms with E-state index in [-0.39, 0.29) is 0 Å². The van der Waals surface area contributed by atoms with Gasteiger partial charge in [-0.2, -0.15) is 0 Å². The van der Waals surface area contributed by atoms with E-state index >= 15 is 0 Å². The maximum absolute atomic E-state index is 9.50. The van der Waals surface area contributed by atoms with Gasteiger partial charge in [0.05, 0.1) is 4.29 Å². The zero-order valence-corrected chi connectivity index (χ0v) is 6.26. The van der Waals surface area contributed by atoms with Gasteiger partial charge in [-0.25, -0.2) is 0 Å². The molecule has 0 aliphatic carbocycles. The summed E-state index contributed by atoms with van der Waals surface area (Å²) >= 11 is 14.5. The monoisotopic (exact) mass is 200 g/mol. The third-order valence-electron chi connectivity index (χ3n) is 0.150. The van der Waals surface area contributed by atoms with Gasteiger partial charge in [0.2, 0.25) is 0 Å². The van der Waals surface area contributed by atoms with E-state index in [2.05, 4.69) is 4.29 Å². The highest BCUT2D eigenvalue weighted by Crippen LogP contribution is 2.27. The summed E-state index contributed by atoms with van der Waals surface area (Å²) in [6, 6.07) is 0. The molecule has 0 aromatic rings. The molecule has 7 heteroatoms. The predicted molar refractivity (Wildman–Crippen MR) is 21.4 cm³/mol. The number of hydrogen-bond donors (Lipinski definition) is 0. The topological polar surface area (TPSA) is 55.3 Å². The Morgan fingerprint density at radius 2 is 1.62 bits per heavy atom. The Hall–Kier alpha value is 1.04. The minimum atomic E-state index is -2.48. The Labute approximate surface area is 63.5 Å². The normalized spacial score (nSPS) is 12.8. The van der Waals surface area contributed by atoms with E-state index in [4.69, 9.17) is 34.8 Å². The average molecular weight is 202 g/mol. The van der Waals surface area contributed by atoms with E-state index in [0.717, 1.165) is 0 Å². The highest BCUT2D eigenvalue weighted by Gasteiger charge is 2.34. The summed E-state index contributed by atoms with van der Waals surface area (Å²) in [6.07, 6.45) is 0. The molecule has 3 nitrogen and oxygen atoms in total. The van der Waals surface area contributed by atoms with E-state index in [1.807, 2.05) is 0 Å². The Morgan fingerprint density at radius 3 is 1.62 bits per heavy atom. The molecular formula is CCl4O3. The van der Waals surface area contributed by atoms with E-state index in [1.54, 1.807) is 0 Å². The fourth-order valence-electron chi connectivity index (χ4n) is 0.0714. The van der Waals surface area contributed by atoms with Gasteiger partial charge in [-0.15, -0.1) is 0 Å².